The molecule has 0 saturated carbocycles. The average Bonchev–Trinajstić information content (AvgIpc) is 2.68. The van der Waals surface area contributed by atoms with E-state index in [1.807, 2.05) is 0 Å². The van der Waals surface area contributed by atoms with Crippen LogP contribution in [0.3, 0.4) is 0 Å². The Morgan fingerprint density at radius 1 is 1.04 bits per heavy atom. The van der Waals surface area contributed by atoms with Gasteiger partial charge < -0.3 is 5.32 Å². The quantitative estimate of drug-likeness (QED) is 0.906. The Balaban J connectivity index is 1.62. The van der Waals surface area contributed by atoms with E-state index in [2.05, 4.69) is 43.1 Å². The molecular formula is C20H30N2O. The molecule has 126 valence electrons. The van der Waals surface area contributed by atoms with Gasteiger partial charge in [-0.25, -0.2) is 0 Å². The molecule has 2 fully saturated rings. The van der Waals surface area contributed by atoms with Crippen molar-refractivity contribution >= 4 is 5.91 Å². The number of aryl methyl sites for hydroxylation is 3. The molecule has 3 heteroatoms. The molecule has 2 saturated heterocycles. The maximum atomic E-state index is 11.6. The molecule has 0 atom stereocenters. The smallest absolute Gasteiger partial charge is 0.220 e. The van der Waals surface area contributed by atoms with Crippen LogP contribution in [0.2, 0.25) is 0 Å². The molecule has 0 radical (unpaired) electrons. The van der Waals surface area contributed by atoms with Gasteiger partial charge in [0.05, 0.1) is 0 Å². The van der Waals surface area contributed by atoms with Crippen LogP contribution >= 0.6 is 0 Å². The third-order valence-corrected chi connectivity index (χ3v) is 6.00. The minimum atomic E-state index is 0.246. The number of carbonyl (C=O) groups is 1. The van der Waals surface area contributed by atoms with E-state index in [9.17, 15) is 4.79 Å². The first-order valence-corrected chi connectivity index (χ1v) is 9.03. The van der Waals surface area contributed by atoms with Crippen molar-refractivity contribution in [3.05, 3.63) is 34.4 Å². The molecule has 1 aromatic carbocycles. The molecule has 1 N–H and O–H groups in total. The Labute approximate surface area is 140 Å². The van der Waals surface area contributed by atoms with Crippen LogP contribution in [0.25, 0.3) is 0 Å². The fourth-order valence-corrected chi connectivity index (χ4v) is 4.43. The van der Waals surface area contributed by atoms with Crippen molar-refractivity contribution in [1.29, 1.82) is 0 Å². The number of hydrogen-bond donors (Lipinski definition) is 1. The van der Waals surface area contributed by atoms with Gasteiger partial charge in [-0.1, -0.05) is 17.7 Å². The summed E-state index contributed by atoms with van der Waals surface area (Å²) in [7, 11) is 0. The van der Waals surface area contributed by atoms with E-state index >= 15 is 0 Å². The lowest BCUT2D eigenvalue weighted by Gasteiger charge is -2.41. The Hall–Kier alpha value is -1.35. The summed E-state index contributed by atoms with van der Waals surface area (Å²) in [4.78, 5) is 14.2. The highest BCUT2D eigenvalue weighted by molar-refractivity contribution is 5.76. The van der Waals surface area contributed by atoms with Gasteiger partial charge in [-0.2, -0.15) is 0 Å². The first-order valence-electron chi connectivity index (χ1n) is 9.03. The number of rotatable bonds is 2. The highest BCUT2D eigenvalue weighted by atomic mass is 16.1. The maximum Gasteiger partial charge on any atom is 0.220 e. The van der Waals surface area contributed by atoms with E-state index in [1.165, 1.54) is 48.2 Å². The van der Waals surface area contributed by atoms with Gasteiger partial charge in [0.25, 0.3) is 0 Å². The number of likely N-dealkylation sites (tertiary alicyclic amines) is 1. The summed E-state index contributed by atoms with van der Waals surface area (Å²) in [6, 6.07) is 4.60. The topological polar surface area (TPSA) is 32.3 Å². The fourth-order valence-electron chi connectivity index (χ4n) is 4.43. The van der Waals surface area contributed by atoms with Gasteiger partial charge in [-0.05, 0) is 81.6 Å². The SMILES string of the molecule is Cc1cc(C)c(CN2CCC3(CCNC(=O)CC3)CC2)c(C)c1. The second-order valence-corrected chi connectivity index (χ2v) is 7.75. The second kappa shape index (κ2) is 6.64. The third-order valence-electron chi connectivity index (χ3n) is 6.00. The minimum Gasteiger partial charge on any atom is -0.356 e. The summed E-state index contributed by atoms with van der Waals surface area (Å²) < 4.78 is 0. The number of nitrogens with zero attached hydrogens (tertiary/aromatic N) is 1. The molecule has 1 amide bonds. The fraction of sp³-hybridized carbons (Fsp3) is 0.650. The summed E-state index contributed by atoms with van der Waals surface area (Å²) in [6.45, 7) is 10.9. The summed E-state index contributed by atoms with van der Waals surface area (Å²) in [5.74, 6) is 0.246. The second-order valence-electron chi connectivity index (χ2n) is 7.75. The zero-order chi connectivity index (χ0) is 16.4. The van der Waals surface area contributed by atoms with E-state index in [4.69, 9.17) is 0 Å². The molecule has 0 aliphatic carbocycles. The van der Waals surface area contributed by atoms with E-state index < -0.39 is 0 Å². The molecule has 1 spiro atoms. The number of hydrogen-bond acceptors (Lipinski definition) is 2. The van der Waals surface area contributed by atoms with Crippen molar-refractivity contribution in [2.45, 2.75) is 59.4 Å². The van der Waals surface area contributed by atoms with Crippen molar-refractivity contribution in [3.63, 3.8) is 0 Å². The molecule has 2 heterocycles. The number of benzene rings is 1. The van der Waals surface area contributed by atoms with Crippen molar-refractivity contribution in [1.82, 2.24) is 10.2 Å². The molecule has 2 aliphatic rings. The van der Waals surface area contributed by atoms with Crippen LogP contribution in [-0.2, 0) is 11.3 Å². The van der Waals surface area contributed by atoms with Crippen molar-refractivity contribution in [3.8, 4) is 0 Å². The molecule has 2 aliphatic heterocycles. The van der Waals surface area contributed by atoms with Gasteiger partial charge in [0, 0.05) is 19.5 Å². The number of amides is 1. The lowest BCUT2D eigenvalue weighted by atomic mass is 9.73. The van der Waals surface area contributed by atoms with Gasteiger partial charge >= 0.3 is 0 Å². The van der Waals surface area contributed by atoms with Gasteiger partial charge in [0.1, 0.15) is 0 Å². The van der Waals surface area contributed by atoms with Crippen molar-refractivity contribution in [2.75, 3.05) is 19.6 Å². The molecule has 3 rings (SSSR count). The van der Waals surface area contributed by atoms with Crippen molar-refractivity contribution < 1.29 is 4.79 Å². The largest absolute Gasteiger partial charge is 0.356 e. The molecule has 0 unspecified atom stereocenters. The lowest BCUT2D eigenvalue weighted by molar-refractivity contribution is -0.121. The Kier molecular flexibility index (Phi) is 4.77. The number of carbonyl (C=O) groups excluding carboxylic acids is 1. The first kappa shape index (κ1) is 16.5. The normalized spacial score (nSPS) is 22.0. The maximum absolute atomic E-state index is 11.6. The van der Waals surface area contributed by atoms with E-state index in [-0.39, 0.29) is 5.91 Å². The van der Waals surface area contributed by atoms with Crippen LogP contribution < -0.4 is 5.32 Å². The Morgan fingerprint density at radius 2 is 1.70 bits per heavy atom. The van der Waals surface area contributed by atoms with E-state index in [0.29, 0.717) is 5.41 Å². The Morgan fingerprint density at radius 3 is 2.35 bits per heavy atom. The standard InChI is InChI=1S/C20H30N2O/c1-15-12-16(2)18(17(3)13-15)14-22-10-7-20(8-11-22)5-4-19(23)21-9-6-20/h12-13H,4-11,14H2,1-3H3,(H,21,23). The summed E-state index contributed by atoms with van der Waals surface area (Å²) >= 11 is 0. The van der Waals surface area contributed by atoms with E-state index in [1.54, 1.807) is 0 Å². The van der Waals surface area contributed by atoms with Gasteiger partial charge in [-0.15, -0.1) is 0 Å². The minimum absolute atomic E-state index is 0.246. The predicted octanol–water partition coefficient (Wildman–Crippen LogP) is 3.49. The molecule has 1 aromatic rings. The molecule has 0 aromatic heterocycles. The molecule has 3 nitrogen and oxygen atoms in total. The van der Waals surface area contributed by atoms with Crippen LogP contribution in [0.15, 0.2) is 12.1 Å². The van der Waals surface area contributed by atoms with Crippen LogP contribution in [0.4, 0.5) is 0 Å². The summed E-state index contributed by atoms with van der Waals surface area (Å²) in [5.41, 5.74) is 6.12. The Bertz CT molecular complexity index is 562. The lowest BCUT2D eigenvalue weighted by Crippen LogP contribution is -2.40. The van der Waals surface area contributed by atoms with E-state index in [0.717, 1.165) is 32.4 Å². The molecule has 23 heavy (non-hydrogen) atoms. The van der Waals surface area contributed by atoms with Crippen LogP contribution in [0, 0.1) is 26.2 Å². The van der Waals surface area contributed by atoms with Crippen LogP contribution in [-0.4, -0.2) is 30.4 Å². The van der Waals surface area contributed by atoms with Crippen LogP contribution in [0.5, 0.6) is 0 Å². The zero-order valence-electron chi connectivity index (χ0n) is 14.9. The first-order chi connectivity index (χ1) is 11.0. The zero-order valence-corrected chi connectivity index (χ0v) is 14.9. The number of piperidine rings is 1. The molecular weight excluding hydrogens is 284 g/mol. The van der Waals surface area contributed by atoms with Gasteiger partial charge in [0.15, 0.2) is 0 Å². The summed E-state index contributed by atoms with van der Waals surface area (Å²) in [6.07, 6.45) is 5.44. The predicted molar refractivity (Wildman–Crippen MR) is 94.5 cm³/mol. The highest BCUT2D eigenvalue weighted by Gasteiger charge is 2.36. The van der Waals surface area contributed by atoms with Gasteiger partial charge in [-0.3, -0.25) is 9.69 Å². The average molecular weight is 314 g/mol. The highest BCUT2D eigenvalue weighted by Crippen LogP contribution is 2.40. The summed E-state index contributed by atoms with van der Waals surface area (Å²) in [5, 5.41) is 3.03. The molecule has 0 bridgehead atoms. The van der Waals surface area contributed by atoms with Gasteiger partial charge in [0.2, 0.25) is 5.91 Å². The monoisotopic (exact) mass is 314 g/mol. The number of nitrogens with one attached hydrogen (secondary N) is 1. The van der Waals surface area contributed by atoms with Crippen LogP contribution in [0.1, 0.15) is 54.4 Å². The van der Waals surface area contributed by atoms with Crippen molar-refractivity contribution in [2.24, 2.45) is 5.41 Å². The third kappa shape index (κ3) is 3.77.